The third-order valence-corrected chi connectivity index (χ3v) is 6.75. The SMILES string of the molecule is Cn1c(=O)n2n(c1=O)[C@@H]1[C@@H]3C[C@H]4[C@H]5[C@@H]([C@H]41)[C@H]2[C@H]35. The first-order valence-electron chi connectivity index (χ1n) is 6.62. The van der Waals surface area contributed by atoms with Crippen LogP contribution in [0.4, 0.5) is 0 Å². The highest BCUT2D eigenvalue weighted by Crippen LogP contribution is 2.85. The van der Waals surface area contributed by atoms with Gasteiger partial charge < -0.3 is 0 Å². The minimum atomic E-state index is -0.0873. The van der Waals surface area contributed by atoms with Crippen LogP contribution >= 0.6 is 0 Å². The fourth-order valence-electron chi connectivity index (χ4n) is 6.52. The molecule has 8 atom stereocenters. The van der Waals surface area contributed by atoms with Crippen molar-refractivity contribution in [3.63, 3.8) is 0 Å². The molecule has 0 unspecified atom stereocenters. The van der Waals surface area contributed by atoms with Gasteiger partial charge in [-0.2, -0.15) is 0 Å². The Kier molecular flexibility index (Phi) is 0.867. The molecule has 0 spiro atoms. The van der Waals surface area contributed by atoms with Gasteiger partial charge in [-0.1, -0.05) is 0 Å². The van der Waals surface area contributed by atoms with Crippen LogP contribution in [0.15, 0.2) is 9.59 Å². The van der Waals surface area contributed by atoms with Crippen molar-refractivity contribution in [3.8, 4) is 0 Å². The van der Waals surface area contributed by atoms with Crippen LogP contribution in [-0.4, -0.2) is 13.9 Å². The van der Waals surface area contributed by atoms with Gasteiger partial charge in [0.05, 0.1) is 12.1 Å². The summed E-state index contributed by atoms with van der Waals surface area (Å²) in [6, 6.07) is 0.742. The molecule has 0 amide bonds. The summed E-state index contributed by atoms with van der Waals surface area (Å²) in [5, 5.41) is 0. The molecular weight excluding hydrogens is 218 g/mol. The lowest BCUT2D eigenvalue weighted by atomic mass is 9.37. The quantitative estimate of drug-likeness (QED) is 0.609. The van der Waals surface area contributed by atoms with Gasteiger partial charge in [-0.15, -0.1) is 0 Å². The van der Waals surface area contributed by atoms with Gasteiger partial charge in [0.1, 0.15) is 0 Å². The number of nitrogens with zero attached hydrogens (tertiary/aromatic N) is 3. The van der Waals surface area contributed by atoms with Crippen molar-refractivity contribution in [2.75, 3.05) is 0 Å². The second-order valence-corrected chi connectivity index (χ2v) is 6.67. The van der Waals surface area contributed by atoms with Crippen LogP contribution in [0.2, 0.25) is 0 Å². The fourth-order valence-corrected chi connectivity index (χ4v) is 6.52. The number of hydrogen-bond acceptors (Lipinski definition) is 2. The van der Waals surface area contributed by atoms with E-state index in [9.17, 15) is 9.59 Å². The van der Waals surface area contributed by atoms with Crippen LogP contribution < -0.4 is 11.4 Å². The summed E-state index contributed by atoms with van der Waals surface area (Å²) in [7, 11) is 1.61. The molecule has 4 fully saturated rings. The van der Waals surface area contributed by atoms with Gasteiger partial charge in [0, 0.05) is 7.05 Å². The third-order valence-electron chi connectivity index (χ3n) is 6.75. The minimum absolute atomic E-state index is 0.0853. The highest BCUT2D eigenvalue weighted by atomic mass is 16.2. The molecule has 0 aromatic carbocycles. The predicted octanol–water partition coefficient (Wildman–Crippen LogP) is -0.414. The normalized spacial score (nSPS) is 57.9. The molecule has 4 bridgehead atoms. The highest BCUT2D eigenvalue weighted by molar-refractivity contribution is 5.30. The Hall–Kier alpha value is -1.26. The summed E-state index contributed by atoms with van der Waals surface area (Å²) in [5.74, 6) is 4.74. The zero-order chi connectivity index (χ0) is 11.2. The van der Waals surface area contributed by atoms with E-state index in [0.717, 1.165) is 29.6 Å². The second-order valence-electron chi connectivity index (χ2n) is 6.67. The van der Waals surface area contributed by atoms with Gasteiger partial charge in [-0.05, 0) is 41.9 Å². The molecule has 5 heteroatoms. The molecule has 4 aliphatic carbocycles. The number of aromatic nitrogens is 3. The number of rotatable bonds is 0. The van der Waals surface area contributed by atoms with Crippen LogP contribution in [0.25, 0.3) is 0 Å². The Bertz CT molecular complexity index is 706. The Labute approximate surface area is 96.6 Å². The molecule has 3 heterocycles. The van der Waals surface area contributed by atoms with E-state index >= 15 is 0 Å². The lowest BCUT2D eigenvalue weighted by Gasteiger charge is -2.73. The molecule has 0 saturated heterocycles. The van der Waals surface area contributed by atoms with E-state index in [-0.39, 0.29) is 11.4 Å². The maximum atomic E-state index is 12.2. The van der Waals surface area contributed by atoms with Gasteiger partial charge in [-0.3, -0.25) is 0 Å². The fraction of sp³-hybridized carbons (Fsp3) is 0.833. The zero-order valence-corrected chi connectivity index (χ0v) is 9.48. The summed E-state index contributed by atoms with van der Waals surface area (Å²) < 4.78 is 4.93. The highest BCUT2D eigenvalue weighted by Gasteiger charge is 2.83. The average molecular weight is 231 g/mol. The molecule has 1 aromatic rings. The van der Waals surface area contributed by atoms with Gasteiger partial charge in [0.25, 0.3) is 0 Å². The third kappa shape index (κ3) is 0.478. The molecule has 1 aromatic heterocycles. The van der Waals surface area contributed by atoms with E-state index in [2.05, 4.69) is 0 Å². The van der Waals surface area contributed by atoms with E-state index in [1.165, 1.54) is 11.0 Å². The van der Waals surface area contributed by atoms with Crippen molar-refractivity contribution >= 4 is 0 Å². The predicted molar refractivity (Wildman–Crippen MR) is 57.6 cm³/mol. The van der Waals surface area contributed by atoms with Crippen molar-refractivity contribution in [2.24, 2.45) is 42.6 Å². The van der Waals surface area contributed by atoms with Crippen LogP contribution in [0, 0.1) is 35.5 Å². The Morgan fingerprint density at radius 2 is 1.53 bits per heavy atom. The standard InChI is InChI=1S/C12H13N3O2/c1-13-11(16)14-9-4-2-3-5-7(4)10(8(5)6(3)9)15(14)12(13)17/h3-10H,2H2,1H3/t3-,4+,5+,6-,7+,8-,9+,10+/m0/s1. The van der Waals surface area contributed by atoms with Crippen molar-refractivity contribution < 1.29 is 0 Å². The maximum absolute atomic E-state index is 12.2. The largest absolute Gasteiger partial charge is 0.347 e. The first-order chi connectivity index (χ1) is 8.22. The van der Waals surface area contributed by atoms with Crippen LogP contribution in [0.3, 0.4) is 0 Å². The molecule has 7 rings (SSSR count). The molecule has 5 nitrogen and oxygen atoms in total. The van der Waals surface area contributed by atoms with Gasteiger partial charge >= 0.3 is 11.4 Å². The van der Waals surface area contributed by atoms with E-state index < -0.39 is 0 Å². The van der Waals surface area contributed by atoms with Crippen molar-refractivity contribution in [3.05, 3.63) is 21.0 Å². The molecule has 4 saturated carbocycles. The summed E-state index contributed by atoms with van der Waals surface area (Å²) in [5.41, 5.74) is -0.173. The number of hydrogen-bond donors (Lipinski definition) is 0. The average Bonchev–Trinajstić information content (AvgIpc) is 2.80. The van der Waals surface area contributed by atoms with Gasteiger partial charge in [0.2, 0.25) is 0 Å². The Morgan fingerprint density at radius 3 is 2.24 bits per heavy atom. The second kappa shape index (κ2) is 1.85. The van der Waals surface area contributed by atoms with E-state index in [4.69, 9.17) is 0 Å². The topological polar surface area (TPSA) is 48.9 Å². The summed E-state index contributed by atoms with van der Waals surface area (Å²) in [6.45, 7) is 0. The first kappa shape index (κ1) is 7.95. The molecular formula is C12H13N3O2. The monoisotopic (exact) mass is 231 g/mol. The van der Waals surface area contributed by atoms with Gasteiger partial charge in [-0.25, -0.2) is 23.5 Å². The lowest BCUT2D eigenvalue weighted by Crippen LogP contribution is -2.73. The van der Waals surface area contributed by atoms with Crippen molar-refractivity contribution in [2.45, 2.75) is 18.5 Å². The molecule has 88 valence electrons. The summed E-state index contributed by atoms with van der Waals surface area (Å²) in [6.07, 6.45) is 1.33. The smallest absolute Gasteiger partial charge is 0.246 e. The van der Waals surface area contributed by atoms with Crippen molar-refractivity contribution in [1.82, 2.24) is 13.9 Å². The first-order valence-corrected chi connectivity index (χ1v) is 6.62. The van der Waals surface area contributed by atoms with Crippen LogP contribution in [0.1, 0.15) is 18.5 Å². The van der Waals surface area contributed by atoms with Crippen LogP contribution in [-0.2, 0) is 7.05 Å². The van der Waals surface area contributed by atoms with E-state index in [0.29, 0.717) is 18.0 Å². The minimum Gasteiger partial charge on any atom is -0.246 e. The summed E-state index contributed by atoms with van der Waals surface area (Å²) >= 11 is 0. The van der Waals surface area contributed by atoms with E-state index in [1.807, 2.05) is 9.36 Å². The summed E-state index contributed by atoms with van der Waals surface area (Å²) in [4.78, 5) is 24.3. The molecule has 17 heavy (non-hydrogen) atoms. The molecule has 0 N–H and O–H groups in total. The molecule has 0 radical (unpaired) electrons. The maximum Gasteiger partial charge on any atom is 0.347 e. The lowest BCUT2D eigenvalue weighted by molar-refractivity contribution is -0.264. The van der Waals surface area contributed by atoms with Gasteiger partial charge in [0.15, 0.2) is 0 Å². The Morgan fingerprint density at radius 1 is 0.882 bits per heavy atom. The van der Waals surface area contributed by atoms with Crippen LogP contribution in [0.5, 0.6) is 0 Å². The van der Waals surface area contributed by atoms with E-state index in [1.54, 1.807) is 7.05 Å². The molecule has 6 aliphatic rings. The molecule has 2 aliphatic heterocycles. The Balaban J connectivity index is 1.80. The van der Waals surface area contributed by atoms with Crippen molar-refractivity contribution in [1.29, 1.82) is 0 Å². The zero-order valence-electron chi connectivity index (χ0n) is 9.48.